The number of phenolic OH excluding ortho intramolecular Hbond substituents is 1. The van der Waals surface area contributed by atoms with Crippen molar-refractivity contribution in [3.05, 3.63) is 70.0 Å². The van der Waals surface area contributed by atoms with Crippen LogP contribution in [0.5, 0.6) is 5.75 Å². The van der Waals surface area contributed by atoms with Crippen molar-refractivity contribution in [3.63, 3.8) is 0 Å². The van der Waals surface area contributed by atoms with Gasteiger partial charge in [-0.2, -0.15) is 0 Å². The van der Waals surface area contributed by atoms with E-state index >= 15 is 0 Å². The second-order valence-corrected chi connectivity index (χ2v) is 11.0. The smallest absolute Gasteiger partial charge is 0.255 e. The van der Waals surface area contributed by atoms with Crippen molar-refractivity contribution in [2.24, 2.45) is 17.6 Å². The molecule has 1 saturated carbocycles. The highest BCUT2D eigenvalue weighted by molar-refractivity contribution is 6.24. The molecule has 10 nitrogen and oxygen atoms in total. The Kier molecular flexibility index (Phi) is 6.43. The van der Waals surface area contributed by atoms with Crippen molar-refractivity contribution >= 4 is 29.0 Å². The first-order chi connectivity index (χ1) is 18.8. The van der Waals surface area contributed by atoms with Crippen LogP contribution in [-0.2, 0) is 32.0 Å². The highest BCUT2D eigenvalue weighted by Gasteiger charge is 2.64. The number of hydrogen-bond donors (Lipinski definition) is 5. The van der Waals surface area contributed by atoms with E-state index in [0.717, 1.165) is 11.1 Å². The molecular weight excluding hydrogens is 516 g/mol. The maximum Gasteiger partial charge on any atom is 0.255 e. The summed E-state index contributed by atoms with van der Waals surface area (Å²) in [5, 5.41) is 44.8. The number of nitrogens with two attached hydrogens (primary N) is 1. The second-order valence-electron chi connectivity index (χ2n) is 11.0. The number of carbonyl (C=O) groups is 4. The molecule has 2 aromatic rings. The number of nitrogens with zero attached hydrogens (tertiary/aromatic N) is 1. The van der Waals surface area contributed by atoms with E-state index in [2.05, 4.69) is 0 Å². The minimum Gasteiger partial charge on any atom is -0.508 e. The molecule has 40 heavy (non-hydrogen) atoms. The lowest BCUT2D eigenvalue weighted by Gasteiger charge is -2.50. The number of aliphatic hydroxyl groups is 3. The Labute approximate surface area is 230 Å². The number of benzene rings is 2. The van der Waals surface area contributed by atoms with E-state index in [1.165, 1.54) is 17.9 Å². The number of fused-ring (bicyclic) bond motifs is 3. The van der Waals surface area contributed by atoms with Crippen LogP contribution in [0.1, 0.15) is 30.0 Å². The Hall–Kier alpha value is -4.28. The van der Waals surface area contributed by atoms with Crippen LogP contribution in [0.25, 0.3) is 16.9 Å². The van der Waals surface area contributed by atoms with Crippen LogP contribution in [0, 0.1) is 11.8 Å². The number of carbonyl (C=O) groups excluding carboxylic acids is 4. The summed E-state index contributed by atoms with van der Waals surface area (Å²) in [5.74, 6) is -6.91. The van der Waals surface area contributed by atoms with Gasteiger partial charge in [0.2, 0.25) is 5.78 Å². The lowest BCUT2D eigenvalue weighted by molar-refractivity contribution is -0.153. The molecule has 6 N–H and O–H groups in total. The zero-order valence-electron chi connectivity index (χ0n) is 22.3. The topological polar surface area (TPSA) is 178 Å². The molecule has 0 unspecified atom stereocenters. The molecule has 10 heteroatoms. The van der Waals surface area contributed by atoms with Gasteiger partial charge in [0.15, 0.2) is 11.4 Å². The molecule has 4 atom stereocenters. The molecule has 0 radical (unpaired) electrons. The van der Waals surface area contributed by atoms with Crippen molar-refractivity contribution in [1.29, 1.82) is 0 Å². The maximum absolute atomic E-state index is 13.9. The summed E-state index contributed by atoms with van der Waals surface area (Å²) in [6.45, 7) is 1.50. The van der Waals surface area contributed by atoms with Crippen LogP contribution in [-0.4, -0.2) is 74.3 Å². The second kappa shape index (κ2) is 9.42. The standard InChI is InChI=1S/C30H30N2O8/c1-13(33)9-14-5-4-6-15(10-14)17-7-8-20(34)22-18(17)11-16-12-19-24(32(2)3)26(36)23(29(31)39)28(38)30(19,40)27(37)21(16)25(22)35/h4-8,10,16,19,24,34-35,38,40H,9,11-12H2,1-3H3,(H2,31,39)/t16-,19-,24-,30-/m1/s1. The molecule has 208 valence electrons. The number of aromatic hydroxyl groups is 1. The van der Waals surface area contributed by atoms with Crippen LogP contribution < -0.4 is 5.73 Å². The Morgan fingerprint density at radius 3 is 2.42 bits per heavy atom. The molecule has 5 rings (SSSR count). The average molecular weight is 547 g/mol. The van der Waals surface area contributed by atoms with Gasteiger partial charge in [-0.3, -0.25) is 24.1 Å². The normalized spacial score (nSPS) is 26.0. The number of hydrogen-bond acceptors (Lipinski definition) is 9. The number of likely N-dealkylation sites (N-methyl/N-ethyl adjacent to an activating group) is 1. The molecule has 1 fully saturated rings. The van der Waals surface area contributed by atoms with E-state index in [0.29, 0.717) is 11.1 Å². The summed E-state index contributed by atoms with van der Waals surface area (Å²) in [7, 11) is 3.11. The fourth-order valence-electron chi connectivity index (χ4n) is 6.65. The highest BCUT2D eigenvalue weighted by atomic mass is 16.3. The third-order valence-electron chi connectivity index (χ3n) is 8.30. The number of phenols is 1. The molecule has 0 aromatic heterocycles. The summed E-state index contributed by atoms with van der Waals surface area (Å²) < 4.78 is 0. The number of rotatable bonds is 5. The SMILES string of the molecule is CC(=O)Cc1cccc(-c2ccc(O)c3c2C[C@@H]2C[C@@H]4[C@@H](N(C)C)C(=O)C(C(N)=O)=C(O)[C@]4(O)C(=O)C2=C3O)c1. The molecule has 0 heterocycles. The van der Waals surface area contributed by atoms with Crippen molar-refractivity contribution < 1.29 is 39.6 Å². The molecule has 3 aliphatic carbocycles. The molecule has 0 aliphatic heterocycles. The summed E-state index contributed by atoms with van der Waals surface area (Å²) >= 11 is 0. The lowest BCUT2D eigenvalue weighted by Crippen LogP contribution is -2.65. The minimum atomic E-state index is -2.68. The Balaban J connectivity index is 1.71. The van der Waals surface area contributed by atoms with Crippen LogP contribution >= 0.6 is 0 Å². The van der Waals surface area contributed by atoms with Gasteiger partial charge in [0.25, 0.3) is 5.91 Å². The van der Waals surface area contributed by atoms with Gasteiger partial charge in [-0.25, -0.2) is 0 Å². The fraction of sp³-hybridized carbons (Fsp3) is 0.333. The lowest BCUT2D eigenvalue weighted by atomic mass is 9.57. The number of primary amides is 1. The molecule has 0 bridgehead atoms. The monoisotopic (exact) mass is 546 g/mol. The summed E-state index contributed by atoms with van der Waals surface area (Å²) in [6, 6.07) is 9.26. The molecule has 0 spiro atoms. The predicted molar refractivity (Wildman–Crippen MR) is 144 cm³/mol. The largest absolute Gasteiger partial charge is 0.508 e. The van der Waals surface area contributed by atoms with E-state index in [1.807, 2.05) is 24.3 Å². The van der Waals surface area contributed by atoms with E-state index < -0.39 is 58.0 Å². The fourth-order valence-corrected chi connectivity index (χ4v) is 6.65. The van der Waals surface area contributed by atoms with E-state index in [4.69, 9.17) is 5.73 Å². The Morgan fingerprint density at radius 1 is 1.10 bits per heavy atom. The van der Waals surface area contributed by atoms with Crippen molar-refractivity contribution in [3.8, 4) is 16.9 Å². The van der Waals surface area contributed by atoms with E-state index in [-0.39, 0.29) is 41.9 Å². The van der Waals surface area contributed by atoms with Gasteiger partial charge in [-0.15, -0.1) is 0 Å². The number of ketones is 3. The number of amides is 1. The average Bonchev–Trinajstić information content (AvgIpc) is 2.85. The van der Waals surface area contributed by atoms with Gasteiger partial charge in [-0.05, 0) is 68.1 Å². The highest BCUT2D eigenvalue weighted by Crippen LogP contribution is 2.53. The summed E-state index contributed by atoms with van der Waals surface area (Å²) in [5.41, 5.74) is 4.42. The first-order valence-electron chi connectivity index (χ1n) is 12.9. The van der Waals surface area contributed by atoms with Crippen molar-refractivity contribution in [1.82, 2.24) is 4.90 Å². The third-order valence-corrected chi connectivity index (χ3v) is 8.30. The van der Waals surface area contributed by atoms with Crippen LogP contribution in [0.4, 0.5) is 0 Å². The zero-order chi connectivity index (χ0) is 29.3. The van der Waals surface area contributed by atoms with Gasteiger partial charge < -0.3 is 26.2 Å². The summed E-state index contributed by atoms with van der Waals surface area (Å²) in [4.78, 5) is 52.4. The first kappa shape index (κ1) is 27.3. The molecule has 2 aromatic carbocycles. The van der Waals surface area contributed by atoms with Crippen LogP contribution in [0.15, 0.2) is 53.3 Å². The van der Waals surface area contributed by atoms with E-state index in [1.54, 1.807) is 20.2 Å². The van der Waals surface area contributed by atoms with Crippen molar-refractivity contribution in [2.45, 2.75) is 37.8 Å². The number of aliphatic hydroxyl groups excluding tert-OH is 2. The maximum atomic E-state index is 13.9. The summed E-state index contributed by atoms with van der Waals surface area (Å²) in [6.07, 6.45) is 0.422. The molecular formula is C30H30N2O8. The molecule has 0 saturated heterocycles. The van der Waals surface area contributed by atoms with Gasteiger partial charge in [-0.1, -0.05) is 30.3 Å². The third kappa shape index (κ3) is 3.86. The quantitative estimate of drug-likeness (QED) is 0.350. The van der Waals surface area contributed by atoms with Crippen molar-refractivity contribution in [2.75, 3.05) is 14.1 Å². The molecule has 3 aliphatic rings. The Morgan fingerprint density at radius 2 is 1.80 bits per heavy atom. The van der Waals surface area contributed by atoms with Gasteiger partial charge in [0.1, 0.15) is 28.6 Å². The van der Waals surface area contributed by atoms with Gasteiger partial charge >= 0.3 is 0 Å². The van der Waals surface area contributed by atoms with Gasteiger partial charge in [0, 0.05) is 17.9 Å². The van der Waals surface area contributed by atoms with E-state index in [9.17, 15) is 39.6 Å². The number of Topliss-reactive ketones (excluding diaryl/α,β-unsaturated/α-hetero) is 3. The molecule has 1 amide bonds. The zero-order valence-corrected chi connectivity index (χ0v) is 22.3. The first-order valence-corrected chi connectivity index (χ1v) is 12.9. The van der Waals surface area contributed by atoms with Gasteiger partial charge in [0.05, 0.1) is 11.6 Å². The van der Waals surface area contributed by atoms with Crippen LogP contribution in [0.2, 0.25) is 0 Å². The predicted octanol–water partition coefficient (Wildman–Crippen LogP) is 1.76. The Bertz CT molecular complexity index is 1570. The minimum absolute atomic E-state index is 0.00224. The van der Waals surface area contributed by atoms with Crippen LogP contribution in [0.3, 0.4) is 0 Å².